The van der Waals surface area contributed by atoms with Crippen LogP contribution in [0.15, 0.2) is 18.2 Å². The lowest BCUT2D eigenvalue weighted by Gasteiger charge is -2.39. The predicted octanol–water partition coefficient (Wildman–Crippen LogP) is 2.18. The first-order chi connectivity index (χ1) is 9.00. The molecule has 1 aliphatic heterocycles. The van der Waals surface area contributed by atoms with Gasteiger partial charge in [-0.25, -0.2) is 0 Å². The Balaban J connectivity index is 2.16. The molecule has 2 atom stereocenters. The van der Waals surface area contributed by atoms with Crippen molar-refractivity contribution in [3.63, 3.8) is 0 Å². The summed E-state index contributed by atoms with van der Waals surface area (Å²) in [6.07, 6.45) is 2.37. The fraction of sp³-hybridized carbons (Fsp3) is 0.600. The van der Waals surface area contributed by atoms with Gasteiger partial charge in [-0.3, -0.25) is 4.90 Å². The van der Waals surface area contributed by atoms with Gasteiger partial charge in [-0.1, -0.05) is 6.07 Å². The molecule has 0 saturated carbocycles. The normalized spacial score (nSPS) is 22.6. The van der Waals surface area contributed by atoms with Crippen molar-refractivity contribution in [3.05, 3.63) is 23.8 Å². The summed E-state index contributed by atoms with van der Waals surface area (Å²) in [6.45, 7) is 4.22. The SMILES string of the molecule is CC(c1c(O)cccc1O)N(C)C1CCCN(C)C1. The molecule has 19 heavy (non-hydrogen) atoms. The Kier molecular flexibility index (Phi) is 4.32. The lowest BCUT2D eigenvalue weighted by atomic mass is 9.99. The summed E-state index contributed by atoms with van der Waals surface area (Å²) in [7, 11) is 4.21. The van der Waals surface area contributed by atoms with Gasteiger partial charge in [0.15, 0.2) is 0 Å². The van der Waals surface area contributed by atoms with Crippen molar-refractivity contribution in [2.45, 2.75) is 31.8 Å². The van der Waals surface area contributed by atoms with Crippen LogP contribution in [-0.4, -0.2) is 53.2 Å². The fourth-order valence-electron chi connectivity index (χ4n) is 2.96. The summed E-state index contributed by atoms with van der Waals surface area (Å²) in [4.78, 5) is 4.59. The molecule has 1 saturated heterocycles. The molecule has 1 heterocycles. The van der Waals surface area contributed by atoms with Crippen molar-refractivity contribution < 1.29 is 10.2 Å². The van der Waals surface area contributed by atoms with Gasteiger partial charge in [0.1, 0.15) is 11.5 Å². The standard InChI is InChI=1S/C15H24N2O2/c1-11(15-13(18)7-4-8-14(15)19)17(3)12-6-5-9-16(2)10-12/h4,7-8,11-12,18-19H,5-6,9-10H2,1-3H3. The molecule has 4 nitrogen and oxygen atoms in total. The summed E-state index contributed by atoms with van der Waals surface area (Å²) in [6, 6.07) is 5.39. The average molecular weight is 264 g/mol. The smallest absolute Gasteiger partial charge is 0.124 e. The molecule has 106 valence electrons. The van der Waals surface area contributed by atoms with Crippen molar-refractivity contribution in [2.24, 2.45) is 0 Å². The van der Waals surface area contributed by atoms with Crippen molar-refractivity contribution in [1.29, 1.82) is 0 Å². The number of benzene rings is 1. The molecule has 1 aliphatic rings. The quantitative estimate of drug-likeness (QED) is 0.878. The largest absolute Gasteiger partial charge is 0.507 e. The molecule has 0 aliphatic carbocycles. The van der Waals surface area contributed by atoms with E-state index in [-0.39, 0.29) is 17.5 Å². The Morgan fingerprint density at radius 2 is 1.95 bits per heavy atom. The first-order valence-corrected chi connectivity index (χ1v) is 6.92. The number of nitrogens with zero attached hydrogens (tertiary/aromatic N) is 2. The van der Waals surface area contributed by atoms with E-state index in [4.69, 9.17) is 0 Å². The number of phenolic OH excluding ortho intramolecular Hbond substituents is 2. The van der Waals surface area contributed by atoms with E-state index in [9.17, 15) is 10.2 Å². The predicted molar refractivity (Wildman–Crippen MR) is 76.5 cm³/mol. The fourth-order valence-corrected chi connectivity index (χ4v) is 2.96. The number of hydrogen-bond acceptors (Lipinski definition) is 4. The van der Waals surface area contributed by atoms with Gasteiger partial charge < -0.3 is 15.1 Å². The maximum atomic E-state index is 9.96. The number of hydrogen-bond donors (Lipinski definition) is 2. The highest BCUT2D eigenvalue weighted by Crippen LogP contribution is 2.36. The Morgan fingerprint density at radius 1 is 1.32 bits per heavy atom. The number of aromatic hydroxyl groups is 2. The van der Waals surface area contributed by atoms with Gasteiger partial charge in [0.25, 0.3) is 0 Å². The van der Waals surface area contributed by atoms with Crippen LogP contribution in [-0.2, 0) is 0 Å². The van der Waals surface area contributed by atoms with Crippen LogP contribution in [0.2, 0.25) is 0 Å². The highest BCUT2D eigenvalue weighted by Gasteiger charge is 2.27. The summed E-state index contributed by atoms with van der Waals surface area (Å²) < 4.78 is 0. The van der Waals surface area contributed by atoms with E-state index >= 15 is 0 Å². The van der Waals surface area contributed by atoms with E-state index in [2.05, 4.69) is 23.9 Å². The second-order valence-electron chi connectivity index (χ2n) is 5.61. The Bertz CT molecular complexity index is 416. The third kappa shape index (κ3) is 3.01. The molecule has 1 fully saturated rings. The van der Waals surface area contributed by atoms with Gasteiger partial charge >= 0.3 is 0 Å². The lowest BCUT2D eigenvalue weighted by molar-refractivity contribution is 0.103. The minimum Gasteiger partial charge on any atom is -0.507 e. The average Bonchev–Trinajstić information content (AvgIpc) is 2.37. The number of piperidine rings is 1. The van der Waals surface area contributed by atoms with Crippen molar-refractivity contribution in [1.82, 2.24) is 9.80 Å². The molecular weight excluding hydrogens is 240 g/mol. The number of rotatable bonds is 3. The van der Waals surface area contributed by atoms with Crippen LogP contribution in [0.3, 0.4) is 0 Å². The van der Waals surface area contributed by atoms with E-state index in [1.54, 1.807) is 18.2 Å². The van der Waals surface area contributed by atoms with E-state index in [0.29, 0.717) is 11.6 Å². The molecule has 2 rings (SSSR count). The molecule has 0 aromatic heterocycles. The minimum atomic E-state index is -0.00213. The van der Waals surface area contributed by atoms with Crippen LogP contribution in [0.1, 0.15) is 31.4 Å². The number of phenols is 2. The highest BCUT2D eigenvalue weighted by molar-refractivity contribution is 5.45. The van der Waals surface area contributed by atoms with Gasteiger partial charge in [-0.05, 0) is 52.5 Å². The van der Waals surface area contributed by atoms with Gasteiger partial charge in [0.2, 0.25) is 0 Å². The molecule has 2 N–H and O–H groups in total. The van der Waals surface area contributed by atoms with Crippen LogP contribution in [0, 0.1) is 0 Å². The first kappa shape index (κ1) is 14.2. The first-order valence-electron chi connectivity index (χ1n) is 6.92. The monoisotopic (exact) mass is 264 g/mol. The zero-order chi connectivity index (χ0) is 14.0. The van der Waals surface area contributed by atoms with Gasteiger partial charge in [-0.2, -0.15) is 0 Å². The number of likely N-dealkylation sites (tertiary alicyclic amines) is 1. The second-order valence-corrected chi connectivity index (χ2v) is 5.61. The van der Waals surface area contributed by atoms with E-state index in [1.165, 1.54) is 12.8 Å². The Labute approximate surface area is 115 Å². The van der Waals surface area contributed by atoms with Crippen LogP contribution in [0.5, 0.6) is 11.5 Å². The summed E-state index contributed by atoms with van der Waals surface area (Å²) >= 11 is 0. The minimum absolute atomic E-state index is 0.00213. The van der Waals surface area contributed by atoms with Crippen molar-refractivity contribution in [3.8, 4) is 11.5 Å². The summed E-state index contributed by atoms with van der Waals surface area (Å²) in [5.74, 6) is 0.340. The number of likely N-dealkylation sites (N-methyl/N-ethyl adjacent to an activating group) is 2. The topological polar surface area (TPSA) is 46.9 Å². The van der Waals surface area contributed by atoms with Crippen LogP contribution < -0.4 is 0 Å². The molecular formula is C15H24N2O2. The van der Waals surface area contributed by atoms with Crippen LogP contribution in [0.4, 0.5) is 0 Å². The molecule has 2 unspecified atom stereocenters. The Hall–Kier alpha value is -1.26. The molecule has 0 amide bonds. The molecule has 4 heteroatoms. The second kappa shape index (κ2) is 5.80. The molecule has 1 aromatic carbocycles. The van der Waals surface area contributed by atoms with Gasteiger partial charge in [0, 0.05) is 18.6 Å². The third-order valence-corrected chi connectivity index (χ3v) is 4.26. The highest BCUT2D eigenvalue weighted by atomic mass is 16.3. The van der Waals surface area contributed by atoms with E-state index in [1.807, 2.05) is 6.92 Å². The van der Waals surface area contributed by atoms with Gasteiger partial charge in [-0.15, -0.1) is 0 Å². The van der Waals surface area contributed by atoms with Crippen LogP contribution >= 0.6 is 0 Å². The maximum absolute atomic E-state index is 9.96. The Morgan fingerprint density at radius 3 is 2.53 bits per heavy atom. The van der Waals surface area contributed by atoms with E-state index < -0.39 is 0 Å². The molecule has 0 spiro atoms. The molecule has 0 radical (unpaired) electrons. The van der Waals surface area contributed by atoms with Gasteiger partial charge in [0.05, 0.1) is 5.56 Å². The zero-order valence-corrected chi connectivity index (χ0v) is 12.0. The summed E-state index contributed by atoms with van der Waals surface area (Å²) in [5.41, 5.74) is 0.623. The van der Waals surface area contributed by atoms with Crippen molar-refractivity contribution >= 4 is 0 Å². The molecule has 1 aromatic rings. The summed E-state index contributed by atoms with van der Waals surface area (Å²) in [5, 5.41) is 19.9. The maximum Gasteiger partial charge on any atom is 0.124 e. The molecule has 0 bridgehead atoms. The third-order valence-electron chi connectivity index (χ3n) is 4.26. The van der Waals surface area contributed by atoms with Crippen LogP contribution in [0.25, 0.3) is 0 Å². The van der Waals surface area contributed by atoms with E-state index in [0.717, 1.165) is 13.1 Å². The van der Waals surface area contributed by atoms with Crippen molar-refractivity contribution in [2.75, 3.05) is 27.2 Å². The lowest BCUT2D eigenvalue weighted by Crippen LogP contribution is -2.45. The zero-order valence-electron chi connectivity index (χ0n) is 12.0.